The predicted octanol–water partition coefficient (Wildman–Crippen LogP) is 4.56. The van der Waals surface area contributed by atoms with Gasteiger partial charge in [0.1, 0.15) is 5.75 Å². The van der Waals surface area contributed by atoms with Crippen molar-refractivity contribution in [2.45, 2.75) is 25.3 Å². The Balaban J connectivity index is 1.43. The molecule has 24 heavy (non-hydrogen) atoms. The van der Waals surface area contributed by atoms with E-state index in [1.807, 2.05) is 0 Å². The molecule has 124 valence electrons. The van der Waals surface area contributed by atoms with E-state index < -0.39 is 0 Å². The first kappa shape index (κ1) is 15.3. The number of benzene rings is 2. The lowest BCUT2D eigenvalue weighted by Gasteiger charge is -2.32. The van der Waals surface area contributed by atoms with Gasteiger partial charge in [-0.1, -0.05) is 36.4 Å². The van der Waals surface area contributed by atoms with Crippen molar-refractivity contribution in [3.8, 4) is 5.75 Å². The van der Waals surface area contributed by atoms with Gasteiger partial charge in [0.15, 0.2) is 0 Å². The Morgan fingerprint density at radius 1 is 1.04 bits per heavy atom. The van der Waals surface area contributed by atoms with Gasteiger partial charge < -0.3 is 9.72 Å². The third kappa shape index (κ3) is 2.92. The third-order valence-electron chi connectivity index (χ3n) is 5.24. The minimum Gasteiger partial charge on any atom is -0.496 e. The van der Waals surface area contributed by atoms with Crippen LogP contribution in [0.4, 0.5) is 0 Å². The number of aromatic amines is 1. The van der Waals surface area contributed by atoms with E-state index in [0.29, 0.717) is 5.92 Å². The van der Waals surface area contributed by atoms with Gasteiger partial charge in [-0.2, -0.15) is 0 Å². The second-order valence-electron chi connectivity index (χ2n) is 6.65. The molecule has 0 aliphatic carbocycles. The van der Waals surface area contributed by atoms with Crippen LogP contribution in [0.1, 0.15) is 29.9 Å². The molecular weight excluding hydrogens is 296 g/mol. The summed E-state index contributed by atoms with van der Waals surface area (Å²) >= 11 is 0. The van der Waals surface area contributed by atoms with Crippen LogP contribution in [0.2, 0.25) is 0 Å². The van der Waals surface area contributed by atoms with Gasteiger partial charge in [-0.05, 0) is 55.1 Å². The predicted molar refractivity (Wildman–Crippen MR) is 98.5 cm³/mol. The molecule has 1 aliphatic heterocycles. The number of nitrogens with one attached hydrogen (secondary N) is 1. The Morgan fingerprint density at radius 3 is 2.62 bits per heavy atom. The van der Waals surface area contributed by atoms with E-state index in [1.165, 1.54) is 34.9 Å². The van der Waals surface area contributed by atoms with Crippen LogP contribution in [0.3, 0.4) is 0 Å². The number of para-hydroxylation sites is 2. The van der Waals surface area contributed by atoms with E-state index in [4.69, 9.17) is 4.74 Å². The summed E-state index contributed by atoms with van der Waals surface area (Å²) in [6, 6.07) is 17.0. The zero-order chi connectivity index (χ0) is 16.4. The maximum absolute atomic E-state index is 5.54. The molecule has 0 radical (unpaired) electrons. The molecule has 4 rings (SSSR count). The molecule has 1 aromatic heterocycles. The van der Waals surface area contributed by atoms with Crippen LogP contribution in [0, 0.1) is 0 Å². The molecule has 3 heteroatoms. The standard InChI is InChI=1S/C21H24N2O/c1-24-21-9-5-3-7-19(21)16-10-12-23(13-11-16)15-17-14-22-20-8-4-2-6-18(17)20/h2-9,14,16,22H,10-13,15H2,1H3. The molecule has 1 aliphatic rings. The van der Waals surface area contributed by atoms with Crippen LogP contribution in [0.5, 0.6) is 5.75 Å². The molecule has 0 spiro atoms. The van der Waals surface area contributed by atoms with E-state index in [-0.39, 0.29) is 0 Å². The van der Waals surface area contributed by atoms with Gasteiger partial charge in [-0.15, -0.1) is 0 Å². The first-order valence-corrected chi connectivity index (χ1v) is 8.75. The summed E-state index contributed by atoms with van der Waals surface area (Å²) in [5.41, 5.74) is 4.00. The number of likely N-dealkylation sites (tertiary alicyclic amines) is 1. The molecule has 2 heterocycles. The fraction of sp³-hybridized carbons (Fsp3) is 0.333. The van der Waals surface area contributed by atoms with Crippen molar-refractivity contribution in [1.82, 2.24) is 9.88 Å². The van der Waals surface area contributed by atoms with E-state index in [9.17, 15) is 0 Å². The second-order valence-corrected chi connectivity index (χ2v) is 6.65. The molecule has 0 amide bonds. The van der Waals surface area contributed by atoms with Crippen molar-refractivity contribution in [2.24, 2.45) is 0 Å². The Labute approximate surface area is 143 Å². The Hall–Kier alpha value is -2.26. The summed E-state index contributed by atoms with van der Waals surface area (Å²) in [6.45, 7) is 3.31. The molecule has 0 atom stereocenters. The second kappa shape index (κ2) is 6.70. The molecule has 0 bridgehead atoms. The van der Waals surface area contributed by atoms with Crippen molar-refractivity contribution in [2.75, 3.05) is 20.2 Å². The molecule has 1 saturated heterocycles. The Kier molecular flexibility index (Phi) is 4.26. The van der Waals surface area contributed by atoms with Crippen LogP contribution in [-0.4, -0.2) is 30.1 Å². The number of ether oxygens (including phenoxy) is 1. The monoisotopic (exact) mass is 320 g/mol. The number of hydrogen-bond donors (Lipinski definition) is 1. The summed E-state index contributed by atoms with van der Waals surface area (Å²) in [7, 11) is 1.77. The first-order chi connectivity index (χ1) is 11.8. The van der Waals surface area contributed by atoms with Crippen LogP contribution in [-0.2, 0) is 6.54 Å². The zero-order valence-corrected chi connectivity index (χ0v) is 14.2. The van der Waals surface area contributed by atoms with E-state index in [0.717, 1.165) is 25.4 Å². The van der Waals surface area contributed by atoms with Gasteiger partial charge in [-0.3, -0.25) is 4.90 Å². The SMILES string of the molecule is COc1ccccc1C1CCN(Cc2c[nH]c3ccccc23)CC1. The lowest BCUT2D eigenvalue weighted by atomic mass is 9.88. The number of H-pyrrole nitrogens is 1. The number of methoxy groups -OCH3 is 1. The molecule has 3 nitrogen and oxygen atoms in total. The minimum absolute atomic E-state index is 0.611. The van der Waals surface area contributed by atoms with Crippen molar-refractivity contribution >= 4 is 10.9 Å². The van der Waals surface area contributed by atoms with Crippen molar-refractivity contribution in [3.63, 3.8) is 0 Å². The Morgan fingerprint density at radius 2 is 1.79 bits per heavy atom. The van der Waals surface area contributed by atoms with Crippen molar-refractivity contribution in [1.29, 1.82) is 0 Å². The first-order valence-electron chi connectivity index (χ1n) is 8.75. The third-order valence-corrected chi connectivity index (χ3v) is 5.24. The molecule has 3 aromatic rings. The Bertz CT molecular complexity index is 815. The summed E-state index contributed by atoms with van der Waals surface area (Å²) in [5.74, 6) is 1.65. The number of aromatic nitrogens is 1. The molecule has 0 saturated carbocycles. The van der Waals surface area contributed by atoms with Gasteiger partial charge >= 0.3 is 0 Å². The average molecular weight is 320 g/mol. The number of piperidine rings is 1. The van der Waals surface area contributed by atoms with Gasteiger partial charge in [0.05, 0.1) is 7.11 Å². The highest BCUT2D eigenvalue weighted by Crippen LogP contribution is 2.34. The summed E-state index contributed by atoms with van der Waals surface area (Å²) in [6.07, 6.45) is 4.56. The van der Waals surface area contributed by atoms with Gasteiger partial charge in [-0.25, -0.2) is 0 Å². The fourth-order valence-electron chi connectivity index (χ4n) is 3.91. The maximum atomic E-state index is 5.54. The normalized spacial score (nSPS) is 16.5. The van der Waals surface area contributed by atoms with Crippen molar-refractivity contribution in [3.05, 3.63) is 65.9 Å². The van der Waals surface area contributed by atoms with E-state index >= 15 is 0 Å². The summed E-state index contributed by atoms with van der Waals surface area (Å²) in [4.78, 5) is 5.96. The molecule has 1 N–H and O–H groups in total. The number of hydrogen-bond acceptors (Lipinski definition) is 2. The van der Waals surface area contributed by atoms with E-state index in [2.05, 4.69) is 64.6 Å². The molecule has 1 fully saturated rings. The maximum Gasteiger partial charge on any atom is 0.122 e. The highest BCUT2D eigenvalue weighted by atomic mass is 16.5. The molecular formula is C21H24N2O. The number of rotatable bonds is 4. The number of fused-ring (bicyclic) bond motifs is 1. The smallest absolute Gasteiger partial charge is 0.122 e. The van der Waals surface area contributed by atoms with Crippen molar-refractivity contribution < 1.29 is 4.74 Å². The average Bonchev–Trinajstić information content (AvgIpc) is 3.05. The fourth-order valence-corrected chi connectivity index (χ4v) is 3.91. The van der Waals surface area contributed by atoms with Crippen LogP contribution >= 0.6 is 0 Å². The lowest BCUT2D eigenvalue weighted by Crippen LogP contribution is -2.32. The van der Waals surface area contributed by atoms with Gasteiger partial charge in [0.2, 0.25) is 0 Å². The zero-order valence-electron chi connectivity index (χ0n) is 14.2. The molecule has 0 unspecified atom stereocenters. The summed E-state index contributed by atoms with van der Waals surface area (Å²) < 4.78 is 5.54. The van der Waals surface area contributed by atoms with Crippen LogP contribution in [0.15, 0.2) is 54.7 Å². The van der Waals surface area contributed by atoms with Crippen LogP contribution < -0.4 is 4.74 Å². The molecule has 2 aromatic carbocycles. The topological polar surface area (TPSA) is 28.3 Å². The van der Waals surface area contributed by atoms with Crippen LogP contribution in [0.25, 0.3) is 10.9 Å². The van der Waals surface area contributed by atoms with Gasteiger partial charge in [0.25, 0.3) is 0 Å². The van der Waals surface area contributed by atoms with E-state index in [1.54, 1.807) is 7.11 Å². The largest absolute Gasteiger partial charge is 0.496 e. The summed E-state index contributed by atoms with van der Waals surface area (Å²) in [5, 5.41) is 1.35. The lowest BCUT2D eigenvalue weighted by molar-refractivity contribution is 0.204. The highest BCUT2D eigenvalue weighted by Gasteiger charge is 2.23. The quantitative estimate of drug-likeness (QED) is 0.763. The highest BCUT2D eigenvalue weighted by molar-refractivity contribution is 5.82. The minimum atomic E-state index is 0.611. The number of nitrogens with zero attached hydrogens (tertiary/aromatic N) is 1. The van der Waals surface area contributed by atoms with Gasteiger partial charge in [0, 0.05) is 23.6 Å².